The first kappa shape index (κ1) is 23.6. The summed E-state index contributed by atoms with van der Waals surface area (Å²) >= 11 is 0. The van der Waals surface area contributed by atoms with Crippen LogP contribution in [0.3, 0.4) is 0 Å². The molecule has 0 bridgehead atoms. The fraction of sp³-hybridized carbons (Fsp3) is 0.550. The van der Waals surface area contributed by atoms with Crippen molar-refractivity contribution in [1.29, 1.82) is 5.26 Å². The average molecular weight is 437 g/mol. The van der Waals surface area contributed by atoms with E-state index in [2.05, 4.69) is 5.32 Å². The molecule has 1 aliphatic rings. The van der Waals surface area contributed by atoms with E-state index in [4.69, 9.17) is 10.00 Å². The lowest BCUT2D eigenvalue weighted by Gasteiger charge is -2.35. The normalized spacial score (nSPS) is 15.8. The van der Waals surface area contributed by atoms with E-state index < -0.39 is 22.2 Å². The number of sulfonamides is 1. The zero-order valence-corrected chi connectivity index (χ0v) is 18.2. The summed E-state index contributed by atoms with van der Waals surface area (Å²) in [6, 6.07) is 7.98. The quantitative estimate of drug-likeness (QED) is 0.610. The predicted molar refractivity (Wildman–Crippen MR) is 111 cm³/mol. The number of alkyl carbamates (subject to hydrolysis) is 1. The summed E-state index contributed by atoms with van der Waals surface area (Å²) in [5.41, 5.74) is 1.29. The number of piperazine rings is 1. The summed E-state index contributed by atoms with van der Waals surface area (Å²) in [5, 5.41) is 11.6. The highest BCUT2D eigenvalue weighted by Gasteiger charge is 2.31. The van der Waals surface area contributed by atoms with Gasteiger partial charge in [-0.25, -0.2) is 13.2 Å². The molecule has 30 heavy (non-hydrogen) atoms. The van der Waals surface area contributed by atoms with Gasteiger partial charge >= 0.3 is 6.09 Å². The van der Waals surface area contributed by atoms with Gasteiger partial charge in [0, 0.05) is 32.6 Å². The Morgan fingerprint density at radius 1 is 1.20 bits per heavy atom. The Balaban J connectivity index is 2.08. The summed E-state index contributed by atoms with van der Waals surface area (Å²) in [4.78, 5) is 26.8. The van der Waals surface area contributed by atoms with Crippen molar-refractivity contribution < 1.29 is 22.7 Å². The van der Waals surface area contributed by atoms with Crippen molar-refractivity contribution in [2.45, 2.75) is 32.2 Å². The van der Waals surface area contributed by atoms with Gasteiger partial charge in [-0.05, 0) is 24.1 Å². The van der Waals surface area contributed by atoms with Gasteiger partial charge in [-0.15, -0.1) is 0 Å². The molecule has 1 saturated heterocycles. The smallest absolute Gasteiger partial charge is 0.407 e. The first-order valence-corrected chi connectivity index (χ1v) is 11.8. The van der Waals surface area contributed by atoms with E-state index in [1.807, 2.05) is 13.0 Å². The van der Waals surface area contributed by atoms with Gasteiger partial charge in [-0.1, -0.05) is 25.5 Å². The summed E-state index contributed by atoms with van der Waals surface area (Å²) in [6.07, 6.45) is 2.33. The number of nitrogens with one attached hydrogen (secondary N) is 1. The van der Waals surface area contributed by atoms with E-state index in [9.17, 15) is 18.0 Å². The summed E-state index contributed by atoms with van der Waals surface area (Å²) < 4.78 is 29.8. The number of rotatable bonds is 8. The Morgan fingerprint density at radius 3 is 2.37 bits per heavy atom. The van der Waals surface area contributed by atoms with Crippen molar-refractivity contribution in [3.8, 4) is 6.07 Å². The standard InChI is InChI=1S/C20H28N4O5S/c1-3-4-13-29-20(26)22-18(14-16-5-7-17(15-21)8-6-16)19(25)23-9-11-24(12-10-23)30(2,27)28/h5-8,18H,3-4,9-14H2,1-2H3,(H,22,26). The van der Waals surface area contributed by atoms with Crippen LogP contribution in [0.5, 0.6) is 0 Å². The van der Waals surface area contributed by atoms with Gasteiger partial charge in [-0.3, -0.25) is 4.79 Å². The molecule has 0 aliphatic carbocycles. The van der Waals surface area contributed by atoms with Crippen LogP contribution >= 0.6 is 0 Å². The minimum absolute atomic E-state index is 0.217. The number of amides is 2. The Kier molecular flexibility index (Phi) is 8.62. The molecular formula is C20H28N4O5S. The Hall–Kier alpha value is -2.64. The van der Waals surface area contributed by atoms with Gasteiger partial charge in [0.15, 0.2) is 0 Å². The number of hydrogen-bond acceptors (Lipinski definition) is 6. The fourth-order valence-electron chi connectivity index (χ4n) is 3.10. The third-order valence-corrected chi connectivity index (χ3v) is 6.17. The first-order chi connectivity index (χ1) is 14.2. The van der Waals surface area contributed by atoms with E-state index in [-0.39, 0.29) is 45.1 Å². The van der Waals surface area contributed by atoms with Crippen LogP contribution in [-0.2, 0) is 26.0 Å². The number of hydrogen-bond donors (Lipinski definition) is 1. The highest BCUT2D eigenvalue weighted by Crippen LogP contribution is 2.12. The van der Waals surface area contributed by atoms with Gasteiger partial charge < -0.3 is 15.0 Å². The van der Waals surface area contributed by atoms with Crippen molar-refractivity contribution in [3.63, 3.8) is 0 Å². The van der Waals surface area contributed by atoms with Crippen LogP contribution in [0, 0.1) is 11.3 Å². The third-order valence-electron chi connectivity index (χ3n) is 4.86. The lowest BCUT2D eigenvalue weighted by molar-refractivity contribution is -0.134. The second-order valence-electron chi connectivity index (χ2n) is 7.19. The SMILES string of the molecule is CCCCOC(=O)NC(Cc1ccc(C#N)cc1)C(=O)N1CCN(S(C)(=O)=O)CC1. The lowest BCUT2D eigenvalue weighted by Crippen LogP contribution is -2.56. The highest BCUT2D eigenvalue weighted by molar-refractivity contribution is 7.88. The van der Waals surface area contributed by atoms with Crippen LogP contribution in [0.15, 0.2) is 24.3 Å². The van der Waals surface area contributed by atoms with E-state index in [0.717, 1.165) is 24.7 Å². The van der Waals surface area contributed by atoms with Gasteiger partial charge in [0.25, 0.3) is 0 Å². The maximum Gasteiger partial charge on any atom is 0.407 e. The third kappa shape index (κ3) is 7.00. The maximum atomic E-state index is 13.1. The topological polar surface area (TPSA) is 120 Å². The van der Waals surface area contributed by atoms with Crippen LogP contribution in [-0.4, -0.2) is 74.7 Å². The Morgan fingerprint density at radius 2 is 1.83 bits per heavy atom. The van der Waals surface area contributed by atoms with Gasteiger partial charge in [0.1, 0.15) is 6.04 Å². The lowest BCUT2D eigenvalue weighted by atomic mass is 10.0. The van der Waals surface area contributed by atoms with Crippen molar-refractivity contribution in [2.75, 3.05) is 39.0 Å². The molecule has 1 aliphatic heterocycles. The highest BCUT2D eigenvalue weighted by atomic mass is 32.2. The molecule has 0 aromatic heterocycles. The molecule has 1 atom stereocenters. The molecular weight excluding hydrogens is 408 g/mol. The second-order valence-corrected chi connectivity index (χ2v) is 9.17. The minimum atomic E-state index is -3.30. The number of nitrogens with zero attached hydrogens (tertiary/aromatic N) is 3. The number of carbonyl (C=O) groups is 2. The maximum absolute atomic E-state index is 13.1. The summed E-state index contributed by atoms with van der Waals surface area (Å²) in [7, 11) is -3.30. The van der Waals surface area contributed by atoms with Gasteiger partial charge in [0.05, 0.1) is 24.5 Å². The van der Waals surface area contributed by atoms with Crippen LogP contribution < -0.4 is 5.32 Å². The van der Waals surface area contributed by atoms with Gasteiger partial charge in [0.2, 0.25) is 15.9 Å². The first-order valence-electron chi connectivity index (χ1n) is 9.90. The Bertz CT molecular complexity index is 871. The molecule has 1 heterocycles. The summed E-state index contributed by atoms with van der Waals surface area (Å²) in [6.45, 7) is 3.19. The van der Waals surface area contributed by atoms with Gasteiger partial charge in [-0.2, -0.15) is 9.57 Å². The molecule has 0 radical (unpaired) electrons. The molecule has 2 amide bonds. The van der Waals surface area contributed by atoms with E-state index in [0.29, 0.717) is 5.56 Å². The molecule has 164 valence electrons. The van der Waals surface area contributed by atoms with E-state index in [1.54, 1.807) is 29.2 Å². The number of nitriles is 1. The zero-order chi connectivity index (χ0) is 22.1. The second kappa shape index (κ2) is 10.9. The Labute approximate surface area is 177 Å². The van der Waals surface area contributed by atoms with E-state index in [1.165, 1.54) is 4.31 Å². The number of benzene rings is 1. The molecule has 0 spiro atoms. The average Bonchev–Trinajstić information content (AvgIpc) is 2.73. The monoisotopic (exact) mass is 436 g/mol. The molecule has 1 aromatic carbocycles. The molecule has 9 nitrogen and oxygen atoms in total. The van der Waals surface area contributed by atoms with Crippen LogP contribution in [0.25, 0.3) is 0 Å². The van der Waals surface area contributed by atoms with Crippen LogP contribution in [0.2, 0.25) is 0 Å². The van der Waals surface area contributed by atoms with Crippen molar-refractivity contribution in [2.24, 2.45) is 0 Å². The number of ether oxygens (including phenoxy) is 1. The molecule has 2 rings (SSSR count). The van der Waals surface area contributed by atoms with E-state index >= 15 is 0 Å². The molecule has 1 N–H and O–H groups in total. The van der Waals surface area contributed by atoms with Crippen molar-refractivity contribution >= 4 is 22.0 Å². The van der Waals surface area contributed by atoms with Crippen LogP contribution in [0.4, 0.5) is 4.79 Å². The van der Waals surface area contributed by atoms with Crippen LogP contribution in [0.1, 0.15) is 30.9 Å². The minimum Gasteiger partial charge on any atom is -0.450 e. The number of carbonyl (C=O) groups excluding carboxylic acids is 2. The number of unbranched alkanes of at least 4 members (excludes halogenated alkanes) is 1. The fourth-order valence-corrected chi connectivity index (χ4v) is 3.93. The molecule has 10 heteroatoms. The largest absolute Gasteiger partial charge is 0.450 e. The van der Waals surface area contributed by atoms with Crippen molar-refractivity contribution in [3.05, 3.63) is 35.4 Å². The molecule has 1 fully saturated rings. The molecule has 1 unspecified atom stereocenters. The zero-order valence-electron chi connectivity index (χ0n) is 17.3. The predicted octanol–water partition coefficient (Wildman–Crippen LogP) is 1.10. The molecule has 1 aromatic rings. The van der Waals surface area contributed by atoms with Crippen molar-refractivity contribution in [1.82, 2.24) is 14.5 Å². The summed E-state index contributed by atoms with van der Waals surface area (Å²) in [5.74, 6) is -0.292. The molecule has 0 saturated carbocycles.